The molecule has 4 heterocycles. The first-order chi connectivity index (χ1) is 31.2. The van der Waals surface area contributed by atoms with Crippen LogP contribution in [0.25, 0.3) is 128 Å². The van der Waals surface area contributed by atoms with Crippen LogP contribution in [0.1, 0.15) is 0 Å². The minimum absolute atomic E-state index is 0.549. The zero-order valence-electron chi connectivity index (χ0n) is 33.7. The third-order valence-corrected chi connectivity index (χ3v) is 12.3. The normalized spacial score (nSPS) is 11.8. The van der Waals surface area contributed by atoms with Crippen LogP contribution >= 0.6 is 0 Å². The quantitative estimate of drug-likeness (QED) is 0.167. The molecule has 0 atom stereocenters. The van der Waals surface area contributed by atoms with Crippen LogP contribution in [-0.2, 0) is 0 Å². The second-order valence-electron chi connectivity index (χ2n) is 15.9. The van der Waals surface area contributed by atoms with Crippen molar-refractivity contribution >= 4 is 65.7 Å². The van der Waals surface area contributed by atoms with Gasteiger partial charge in [0.05, 0.1) is 16.7 Å². The monoisotopic (exact) mass is 806 g/mol. The van der Waals surface area contributed by atoms with Crippen molar-refractivity contribution in [1.29, 1.82) is 0 Å². The van der Waals surface area contributed by atoms with Crippen LogP contribution in [0.2, 0.25) is 0 Å². The van der Waals surface area contributed by atoms with Gasteiger partial charge in [0.2, 0.25) is 0 Å². The fourth-order valence-corrected chi connectivity index (χ4v) is 9.35. The highest BCUT2D eigenvalue weighted by Crippen LogP contribution is 2.42. The van der Waals surface area contributed by atoms with Crippen molar-refractivity contribution in [2.45, 2.75) is 0 Å². The molecule has 0 amide bonds. The van der Waals surface area contributed by atoms with Crippen molar-refractivity contribution in [2.75, 3.05) is 0 Å². The number of para-hydroxylation sites is 4. The molecule has 0 N–H and O–H groups in total. The maximum atomic E-state index is 6.96. The Morgan fingerprint density at radius 2 is 0.794 bits per heavy atom. The molecule has 0 saturated heterocycles. The van der Waals surface area contributed by atoms with Crippen LogP contribution < -0.4 is 0 Å². The first kappa shape index (κ1) is 35.2. The topological polar surface area (TPSA) is 69.9 Å². The summed E-state index contributed by atoms with van der Waals surface area (Å²) in [5, 5.41) is 6.54. The standard InChI is InChI=1S/C57H34N4O2/c1-4-15-35(16-5-1)40-22-12-24-45-42-21-10-11-27-48(42)61(52(40)45)49-28-14-26-47-44-32-30-39(34-51(44)63-54(47)49)57-59-55(37-19-8-3-9-20-37)58-56(60-57)38-29-31-43-46-25-13-23-41(36-17-6-2-7-18-36)53(46)62-50(43)33-38/h1-34H. The van der Waals surface area contributed by atoms with Crippen LogP contribution in [0.4, 0.5) is 0 Å². The molecule has 0 spiro atoms. The highest BCUT2D eigenvalue weighted by atomic mass is 16.3. The first-order valence-electron chi connectivity index (χ1n) is 21.1. The average Bonchev–Trinajstić information content (AvgIpc) is 4.04. The lowest BCUT2D eigenvalue weighted by Gasteiger charge is -2.12. The van der Waals surface area contributed by atoms with Crippen molar-refractivity contribution in [2.24, 2.45) is 0 Å². The molecule has 4 aromatic heterocycles. The van der Waals surface area contributed by atoms with Gasteiger partial charge < -0.3 is 13.4 Å². The van der Waals surface area contributed by atoms with Crippen LogP contribution in [0.3, 0.4) is 0 Å². The summed E-state index contributed by atoms with van der Waals surface area (Å²) < 4.78 is 16.0. The average molecular weight is 807 g/mol. The number of benzene rings is 9. The first-order valence-corrected chi connectivity index (χ1v) is 21.1. The Morgan fingerprint density at radius 3 is 1.44 bits per heavy atom. The molecule has 13 aromatic rings. The van der Waals surface area contributed by atoms with E-state index in [9.17, 15) is 0 Å². The highest BCUT2D eigenvalue weighted by molar-refractivity contribution is 6.16. The molecule has 0 radical (unpaired) electrons. The zero-order chi connectivity index (χ0) is 41.4. The summed E-state index contributed by atoms with van der Waals surface area (Å²) in [6.45, 7) is 0. The Labute approximate surface area is 361 Å². The molecule has 0 aliphatic carbocycles. The summed E-state index contributed by atoms with van der Waals surface area (Å²) in [7, 11) is 0. The molecular formula is C57H34N4O2. The van der Waals surface area contributed by atoms with Crippen molar-refractivity contribution in [3.05, 3.63) is 206 Å². The van der Waals surface area contributed by atoms with Crippen LogP contribution in [0, 0.1) is 0 Å². The van der Waals surface area contributed by atoms with E-state index in [0.717, 1.165) is 99.5 Å². The Balaban J connectivity index is 0.974. The Hall–Kier alpha value is -8.61. The van der Waals surface area contributed by atoms with Crippen molar-refractivity contribution in [3.8, 4) is 62.1 Å². The number of fused-ring (bicyclic) bond motifs is 9. The van der Waals surface area contributed by atoms with E-state index < -0.39 is 0 Å². The van der Waals surface area contributed by atoms with Crippen LogP contribution in [-0.4, -0.2) is 19.5 Å². The number of hydrogen-bond donors (Lipinski definition) is 0. The van der Waals surface area contributed by atoms with Gasteiger partial charge in [-0.1, -0.05) is 170 Å². The number of furan rings is 2. The van der Waals surface area contributed by atoms with E-state index in [4.69, 9.17) is 23.8 Å². The maximum Gasteiger partial charge on any atom is 0.164 e. The molecule has 0 unspecified atom stereocenters. The number of nitrogens with zero attached hydrogens (tertiary/aromatic N) is 4. The van der Waals surface area contributed by atoms with Gasteiger partial charge in [0.15, 0.2) is 23.1 Å². The molecule has 9 aromatic carbocycles. The Bertz CT molecular complexity index is 3900. The van der Waals surface area contributed by atoms with E-state index in [-0.39, 0.29) is 0 Å². The molecule has 6 nitrogen and oxygen atoms in total. The summed E-state index contributed by atoms with van der Waals surface area (Å²) in [5.74, 6) is 1.68. The molecule has 294 valence electrons. The molecular weight excluding hydrogens is 773 g/mol. The molecule has 0 fully saturated rings. The maximum absolute atomic E-state index is 6.96. The van der Waals surface area contributed by atoms with Crippen LogP contribution in [0.5, 0.6) is 0 Å². The molecule has 0 saturated carbocycles. The molecule has 6 heteroatoms. The van der Waals surface area contributed by atoms with Gasteiger partial charge in [0, 0.05) is 60.1 Å². The lowest BCUT2D eigenvalue weighted by molar-refractivity contribution is 0.666. The summed E-state index contributed by atoms with van der Waals surface area (Å²) in [5.41, 5.74) is 13.5. The third kappa shape index (κ3) is 5.62. The molecule has 13 rings (SSSR count). The van der Waals surface area contributed by atoms with Gasteiger partial charge >= 0.3 is 0 Å². The predicted octanol–water partition coefficient (Wildman–Crippen LogP) is 15.1. The largest absolute Gasteiger partial charge is 0.455 e. The van der Waals surface area contributed by atoms with Gasteiger partial charge in [0.1, 0.15) is 16.7 Å². The third-order valence-electron chi connectivity index (χ3n) is 12.3. The van der Waals surface area contributed by atoms with Gasteiger partial charge in [-0.05, 0) is 47.5 Å². The lowest BCUT2D eigenvalue weighted by Crippen LogP contribution is -2.00. The predicted molar refractivity (Wildman–Crippen MR) is 256 cm³/mol. The van der Waals surface area contributed by atoms with Crippen molar-refractivity contribution in [3.63, 3.8) is 0 Å². The van der Waals surface area contributed by atoms with Gasteiger partial charge in [-0.15, -0.1) is 0 Å². The van der Waals surface area contributed by atoms with Gasteiger partial charge in [-0.2, -0.15) is 0 Å². The highest BCUT2D eigenvalue weighted by Gasteiger charge is 2.22. The molecule has 63 heavy (non-hydrogen) atoms. The van der Waals surface area contributed by atoms with E-state index in [1.54, 1.807) is 0 Å². The summed E-state index contributed by atoms with van der Waals surface area (Å²) in [4.78, 5) is 15.3. The Morgan fingerprint density at radius 1 is 0.317 bits per heavy atom. The second-order valence-corrected chi connectivity index (χ2v) is 15.9. The zero-order valence-corrected chi connectivity index (χ0v) is 33.7. The molecule has 0 aliphatic rings. The number of hydrogen-bond acceptors (Lipinski definition) is 5. The van der Waals surface area contributed by atoms with Crippen LogP contribution in [0.15, 0.2) is 215 Å². The minimum atomic E-state index is 0.549. The summed E-state index contributed by atoms with van der Waals surface area (Å²) >= 11 is 0. The van der Waals surface area contributed by atoms with E-state index in [1.165, 1.54) is 10.8 Å². The van der Waals surface area contributed by atoms with Gasteiger partial charge in [-0.25, -0.2) is 15.0 Å². The summed E-state index contributed by atoms with van der Waals surface area (Å²) in [6, 6.07) is 71.4. The van der Waals surface area contributed by atoms with E-state index in [2.05, 4.69) is 168 Å². The van der Waals surface area contributed by atoms with Crippen molar-refractivity contribution in [1.82, 2.24) is 19.5 Å². The van der Waals surface area contributed by atoms with Crippen molar-refractivity contribution < 1.29 is 8.83 Å². The number of rotatable bonds is 6. The molecule has 0 aliphatic heterocycles. The van der Waals surface area contributed by atoms with E-state index in [1.807, 2.05) is 42.5 Å². The fraction of sp³-hybridized carbons (Fsp3) is 0. The SMILES string of the molecule is c1ccc(-c2nc(-c3ccc4c(c3)oc3c(-c5ccccc5)cccc34)nc(-c3ccc4c(c3)oc3c(-n5c6ccccc6c6cccc(-c7ccccc7)c65)cccc34)n2)cc1. The fourth-order valence-electron chi connectivity index (χ4n) is 9.35. The Kier molecular flexibility index (Phi) is 7.80. The van der Waals surface area contributed by atoms with E-state index in [0.29, 0.717) is 17.5 Å². The lowest BCUT2D eigenvalue weighted by atomic mass is 10.0. The van der Waals surface area contributed by atoms with Gasteiger partial charge in [-0.3, -0.25) is 0 Å². The smallest absolute Gasteiger partial charge is 0.164 e. The minimum Gasteiger partial charge on any atom is -0.455 e. The second kappa shape index (κ2) is 14.0. The summed E-state index contributed by atoms with van der Waals surface area (Å²) in [6.07, 6.45) is 0. The number of aromatic nitrogens is 4. The van der Waals surface area contributed by atoms with E-state index >= 15 is 0 Å². The molecule has 0 bridgehead atoms. The van der Waals surface area contributed by atoms with Gasteiger partial charge in [0.25, 0.3) is 0 Å².